The van der Waals surface area contributed by atoms with E-state index in [0.29, 0.717) is 29.3 Å². The van der Waals surface area contributed by atoms with Crippen LogP contribution >= 0.6 is 11.3 Å². The zero-order chi connectivity index (χ0) is 28.3. The van der Waals surface area contributed by atoms with Crippen molar-refractivity contribution in [2.45, 2.75) is 46.3 Å². The molecule has 1 aromatic heterocycles. The number of amides is 1. The van der Waals surface area contributed by atoms with Crippen LogP contribution in [-0.4, -0.2) is 39.6 Å². The molecule has 1 saturated heterocycles. The first kappa shape index (κ1) is 25.9. The number of carbonyl (C=O) groups is 2. The van der Waals surface area contributed by atoms with Gasteiger partial charge in [-0.1, -0.05) is 23.5 Å². The number of hydrogen-bond acceptors (Lipinski definition) is 8. The van der Waals surface area contributed by atoms with Gasteiger partial charge in [-0.25, -0.2) is 4.98 Å². The molecule has 0 aliphatic carbocycles. The number of thiazole rings is 1. The predicted octanol–water partition coefficient (Wildman–Crippen LogP) is 5.97. The number of aryl methyl sites for hydroxylation is 2. The molecular formula is C31H28N2O6S. The molecule has 8 nitrogen and oxygen atoms in total. The number of rotatable bonds is 5. The number of aliphatic hydroxyl groups is 1. The average Bonchev–Trinajstić information content (AvgIpc) is 3.57. The quantitative estimate of drug-likeness (QED) is 0.177. The summed E-state index contributed by atoms with van der Waals surface area (Å²) in [5.41, 5.74) is 4.54. The molecule has 0 bridgehead atoms. The van der Waals surface area contributed by atoms with Gasteiger partial charge < -0.3 is 19.7 Å². The number of fused-ring (bicyclic) bond motifs is 2. The number of phenols is 1. The second-order valence-electron chi connectivity index (χ2n) is 10.2. The van der Waals surface area contributed by atoms with Crippen LogP contribution in [-0.2, 0) is 16.0 Å². The molecule has 1 fully saturated rings. The van der Waals surface area contributed by atoms with E-state index >= 15 is 0 Å². The first-order chi connectivity index (χ1) is 19.2. The van der Waals surface area contributed by atoms with Crippen molar-refractivity contribution >= 4 is 44.1 Å². The van der Waals surface area contributed by atoms with E-state index in [1.165, 1.54) is 22.3 Å². The van der Waals surface area contributed by atoms with Gasteiger partial charge in [0.05, 0.1) is 28.4 Å². The molecule has 1 amide bonds. The first-order valence-corrected chi connectivity index (χ1v) is 13.9. The van der Waals surface area contributed by atoms with E-state index in [1.54, 1.807) is 37.3 Å². The van der Waals surface area contributed by atoms with Crippen LogP contribution in [0, 0.1) is 13.8 Å². The van der Waals surface area contributed by atoms with Gasteiger partial charge in [-0.2, -0.15) is 0 Å². The van der Waals surface area contributed by atoms with E-state index in [-0.39, 0.29) is 28.9 Å². The molecule has 3 heterocycles. The molecule has 0 unspecified atom stereocenters. The van der Waals surface area contributed by atoms with Gasteiger partial charge in [0.1, 0.15) is 17.6 Å². The number of phenolic OH excluding ortho intramolecular Hbond substituents is 1. The van der Waals surface area contributed by atoms with Gasteiger partial charge in [-0.05, 0) is 86.3 Å². The Balaban J connectivity index is 1.56. The van der Waals surface area contributed by atoms with Crippen LogP contribution in [0.2, 0.25) is 0 Å². The number of nitrogens with zero attached hydrogens (tertiary/aromatic N) is 2. The lowest BCUT2D eigenvalue weighted by Gasteiger charge is -2.23. The number of aromatic nitrogens is 1. The standard InChI is InChI=1S/C31H28N2O6S/c1-5-38-23-14-18(6-8-21(23)34)27-25(28(35)19-7-9-22-20(13-19)12-17(4)39-22)29(36)30(37)33(27)31-32-26-16(3)10-15(2)11-24(26)40-31/h6-11,13-14,17,27,34-35H,5,12H2,1-4H3/b28-25+/t17-,27-/m1/s1. The summed E-state index contributed by atoms with van der Waals surface area (Å²) in [5.74, 6) is -1.00. The van der Waals surface area contributed by atoms with Crippen molar-refractivity contribution in [3.63, 3.8) is 0 Å². The molecule has 6 rings (SSSR count). The van der Waals surface area contributed by atoms with Gasteiger partial charge in [0.15, 0.2) is 16.6 Å². The Bertz CT molecular complexity index is 1740. The van der Waals surface area contributed by atoms with E-state index in [2.05, 4.69) is 0 Å². The molecule has 0 saturated carbocycles. The summed E-state index contributed by atoms with van der Waals surface area (Å²) in [7, 11) is 0. The number of aliphatic hydroxyl groups excluding tert-OH is 1. The molecule has 40 heavy (non-hydrogen) atoms. The van der Waals surface area contributed by atoms with Crippen molar-refractivity contribution in [3.8, 4) is 17.2 Å². The zero-order valence-electron chi connectivity index (χ0n) is 22.5. The molecule has 2 N–H and O–H groups in total. The number of carbonyl (C=O) groups excluding carboxylic acids is 2. The zero-order valence-corrected chi connectivity index (χ0v) is 23.3. The van der Waals surface area contributed by atoms with Gasteiger partial charge in [-0.3, -0.25) is 14.5 Å². The lowest BCUT2D eigenvalue weighted by molar-refractivity contribution is -0.132. The van der Waals surface area contributed by atoms with Crippen molar-refractivity contribution in [1.29, 1.82) is 0 Å². The van der Waals surface area contributed by atoms with Gasteiger partial charge in [0, 0.05) is 12.0 Å². The number of Topliss-reactive ketones (excluding diaryl/α,β-unsaturated/α-hetero) is 1. The minimum Gasteiger partial charge on any atom is -0.507 e. The van der Waals surface area contributed by atoms with E-state index in [1.807, 2.05) is 32.9 Å². The summed E-state index contributed by atoms with van der Waals surface area (Å²) < 4.78 is 12.3. The largest absolute Gasteiger partial charge is 0.507 e. The summed E-state index contributed by atoms with van der Waals surface area (Å²) in [6, 6.07) is 12.9. The Morgan fingerprint density at radius 2 is 1.95 bits per heavy atom. The smallest absolute Gasteiger partial charge is 0.301 e. The maximum atomic E-state index is 13.7. The molecule has 0 spiro atoms. The minimum absolute atomic E-state index is 0.0121. The summed E-state index contributed by atoms with van der Waals surface area (Å²) in [5, 5.41) is 22.3. The fourth-order valence-electron chi connectivity index (χ4n) is 5.50. The summed E-state index contributed by atoms with van der Waals surface area (Å²) in [6.45, 7) is 8.02. The van der Waals surface area contributed by atoms with Crippen molar-refractivity contribution in [3.05, 3.63) is 81.9 Å². The molecule has 2 aliphatic rings. The highest BCUT2D eigenvalue weighted by Crippen LogP contribution is 2.46. The van der Waals surface area contributed by atoms with Crippen LogP contribution in [0.25, 0.3) is 16.0 Å². The third-order valence-electron chi connectivity index (χ3n) is 7.24. The molecule has 0 radical (unpaired) electrons. The Morgan fingerprint density at radius 3 is 2.73 bits per heavy atom. The number of aromatic hydroxyl groups is 1. The fraction of sp³-hybridized carbons (Fsp3) is 0.258. The number of hydrogen-bond donors (Lipinski definition) is 2. The van der Waals surface area contributed by atoms with E-state index in [9.17, 15) is 19.8 Å². The molecule has 3 aromatic carbocycles. The average molecular weight is 557 g/mol. The highest BCUT2D eigenvalue weighted by molar-refractivity contribution is 7.22. The first-order valence-electron chi connectivity index (χ1n) is 13.1. The van der Waals surface area contributed by atoms with Crippen LogP contribution in [0.4, 0.5) is 5.13 Å². The number of benzene rings is 3. The monoisotopic (exact) mass is 556 g/mol. The highest BCUT2D eigenvalue weighted by Gasteiger charge is 2.48. The number of ether oxygens (including phenoxy) is 2. The third-order valence-corrected chi connectivity index (χ3v) is 8.24. The van der Waals surface area contributed by atoms with E-state index < -0.39 is 17.7 Å². The van der Waals surface area contributed by atoms with Crippen molar-refractivity contribution < 1.29 is 29.3 Å². The second-order valence-corrected chi connectivity index (χ2v) is 11.2. The fourth-order valence-corrected chi connectivity index (χ4v) is 6.67. The van der Waals surface area contributed by atoms with Crippen LogP contribution in [0.1, 0.15) is 47.7 Å². The van der Waals surface area contributed by atoms with Crippen molar-refractivity contribution in [2.24, 2.45) is 0 Å². The van der Waals surface area contributed by atoms with Crippen LogP contribution in [0.5, 0.6) is 17.2 Å². The third kappa shape index (κ3) is 4.17. The number of anilines is 1. The van der Waals surface area contributed by atoms with Crippen LogP contribution < -0.4 is 14.4 Å². The Hall–Kier alpha value is -4.37. The molecule has 4 aromatic rings. The normalized spacial score (nSPS) is 19.8. The Labute approximate surface area is 235 Å². The molecular weight excluding hydrogens is 528 g/mol. The molecule has 2 atom stereocenters. The van der Waals surface area contributed by atoms with Crippen molar-refractivity contribution in [2.75, 3.05) is 11.5 Å². The molecule has 9 heteroatoms. The maximum absolute atomic E-state index is 13.7. The van der Waals surface area contributed by atoms with Crippen LogP contribution in [0.15, 0.2) is 54.1 Å². The Kier molecular flexibility index (Phi) is 6.26. The topological polar surface area (TPSA) is 109 Å². The van der Waals surface area contributed by atoms with Crippen molar-refractivity contribution in [1.82, 2.24) is 4.98 Å². The van der Waals surface area contributed by atoms with Gasteiger partial charge in [-0.15, -0.1) is 0 Å². The lowest BCUT2D eigenvalue weighted by Crippen LogP contribution is -2.29. The Morgan fingerprint density at radius 1 is 1.15 bits per heavy atom. The molecule has 2 aliphatic heterocycles. The SMILES string of the molecule is CCOc1cc([C@@H]2/C(=C(\O)c3ccc4c(c3)C[C@@H](C)O4)C(=O)C(=O)N2c2nc3c(C)cc(C)cc3s2)ccc1O. The van der Waals surface area contributed by atoms with E-state index in [0.717, 1.165) is 32.7 Å². The lowest BCUT2D eigenvalue weighted by atomic mass is 9.94. The minimum atomic E-state index is -0.995. The number of ketones is 1. The summed E-state index contributed by atoms with van der Waals surface area (Å²) in [6.07, 6.45) is 0.687. The van der Waals surface area contributed by atoms with Gasteiger partial charge in [0.2, 0.25) is 0 Å². The van der Waals surface area contributed by atoms with Crippen LogP contribution in [0.3, 0.4) is 0 Å². The van der Waals surface area contributed by atoms with Gasteiger partial charge >= 0.3 is 5.91 Å². The highest BCUT2D eigenvalue weighted by atomic mass is 32.1. The maximum Gasteiger partial charge on any atom is 0.301 e. The summed E-state index contributed by atoms with van der Waals surface area (Å²) in [4.78, 5) is 33.4. The second kappa shape index (κ2) is 9.67. The predicted molar refractivity (Wildman–Crippen MR) is 153 cm³/mol. The van der Waals surface area contributed by atoms with Gasteiger partial charge in [0.25, 0.3) is 5.78 Å². The van der Waals surface area contributed by atoms with E-state index in [4.69, 9.17) is 14.5 Å². The summed E-state index contributed by atoms with van der Waals surface area (Å²) >= 11 is 1.31. The molecule has 204 valence electrons.